The molecule has 0 amide bonds. The first-order chi connectivity index (χ1) is 35.1. The van der Waals surface area contributed by atoms with E-state index in [9.17, 15) is 94.3 Å². The van der Waals surface area contributed by atoms with Gasteiger partial charge >= 0.3 is 52.8 Å². The molecule has 1 N–H and O–H groups in total. The van der Waals surface area contributed by atoms with E-state index in [1.54, 1.807) is 12.1 Å². The van der Waals surface area contributed by atoms with Crippen molar-refractivity contribution in [2.24, 2.45) is 14.1 Å². The van der Waals surface area contributed by atoms with Gasteiger partial charge in [-0.25, -0.2) is 27.5 Å². The Morgan fingerprint density at radius 2 is 0.962 bits per heavy atom. The van der Waals surface area contributed by atoms with Crippen LogP contribution in [0.5, 0.6) is 11.5 Å². The van der Waals surface area contributed by atoms with Gasteiger partial charge in [-0.1, -0.05) is 42.2 Å². The molecule has 6 aromatic rings. The number of halogens is 13. The predicted molar refractivity (Wildman–Crippen MR) is 286 cm³/mol. The summed E-state index contributed by atoms with van der Waals surface area (Å²) in [4.78, 5) is 78.1. The normalized spacial score (nSPS) is 13.9. The highest BCUT2D eigenvalue weighted by Crippen LogP contribution is 2.36. The molecule has 2 saturated carbocycles. The van der Waals surface area contributed by atoms with Gasteiger partial charge in [-0.3, -0.25) is 37.4 Å². The van der Waals surface area contributed by atoms with Gasteiger partial charge in [0.2, 0.25) is 0 Å². The van der Waals surface area contributed by atoms with Crippen molar-refractivity contribution < 1.29 is 73.3 Å². The lowest BCUT2D eigenvalue weighted by Crippen LogP contribution is -2.42. The molecule has 0 spiro atoms. The Morgan fingerprint density at radius 3 is 1.28 bits per heavy atom. The number of hydrogen-bond donors (Lipinski definition) is 1. The first kappa shape index (κ1) is 65.9. The number of alkyl halides is 9. The maximum atomic E-state index is 14.9. The first-order valence-corrected chi connectivity index (χ1v) is 28.8. The van der Waals surface area contributed by atoms with E-state index in [2.05, 4.69) is 0 Å². The summed E-state index contributed by atoms with van der Waals surface area (Å²) < 4.78 is 175. The van der Waals surface area contributed by atoms with Crippen molar-refractivity contribution in [1.29, 1.82) is 0 Å². The van der Waals surface area contributed by atoms with Crippen LogP contribution < -0.4 is 37.8 Å². The lowest BCUT2D eigenvalue weighted by molar-refractivity contribution is -0.0585. The number of aromatic nitrogens is 6. The van der Waals surface area contributed by atoms with Gasteiger partial charge in [0, 0.05) is 33.3 Å². The predicted octanol–water partition coefficient (Wildman–Crippen LogP) is 6.84. The Hall–Kier alpha value is -4.60. The van der Waals surface area contributed by atoms with Crippen LogP contribution >= 0.6 is 80.0 Å². The second-order valence-electron chi connectivity index (χ2n) is 16.2. The molecule has 4 aromatic heterocycles. The van der Waals surface area contributed by atoms with Gasteiger partial charge < -0.3 is 9.29 Å². The molecule has 2 aromatic carbocycles. The van der Waals surface area contributed by atoms with Gasteiger partial charge in [0.1, 0.15) is 39.5 Å². The van der Waals surface area contributed by atoms with Crippen LogP contribution in [-0.4, -0.2) is 79.3 Å². The molecule has 21 nitrogen and oxygen atoms in total. The van der Waals surface area contributed by atoms with Crippen molar-refractivity contribution >= 4 is 132 Å². The van der Waals surface area contributed by atoms with Crippen LogP contribution in [0.2, 0.25) is 0 Å². The maximum absolute atomic E-state index is 14.9. The largest absolute Gasteiger partial charge is 0.524 e. The van der Waals surface area contributed by atoms with Crippen LogP contribution in [0.1, 0.15) is 56.3 Å². The summed E-state index contributed by atoms with van der Waals surface area (Å²) in [5.74, 6) is -2.35. The lowest BCUT2D eigenvalue weighted by atomic mass is 10.2. The van der Waals surface area contributed by atoms with E-state index >= 15 is 0 Å². The van der Waals surface area contributed by atoms with Crippen LogP contribution in [0.15, 0.2) is 65.2 Å². The molecule has 2 aliphatic rings. The first-order valence-electron chi connectivity index (χ1n) is 20.7. The second kappa shape index (κ2) is 23.9. The average molecular weight is 1460 g/mol. The van der Waals surface area contributed by atoms with Crippen molar-refractivity contribution in [2.75, 3.05) is 6.26 Å². The minimum Gasteiger partial charge on any atom is -0.506 e. The van der Waals surface area contributed by atoms with Crippen LogP contribution in [-0.2, 0) is 48.1 Å². The lowest BCUT2D eigenvalue weighted by Gasteiger charge is -2.19. The number of aromatic hydroxyl groups is 1. The van der Waals surface area contributed by atoms with Crippen LogP contribution in [0.4, 0.5) is 35.1 Å². The number of nitrogens with zero attached hydrogens (tertiary/aromatic N) is 6. The summed E-state index contributed by atoms with van der Waals surface area (Å²) in [6.45, 7) is 2.73. The highest BCUT2D eigenvalue weighted by Gasteiger charge is 2.57. The molecule has 430 valence electrons. The van der Waals surface area contributed by atoms with E-state index in [-0.39, 0.29) is 58.0 Å². The molecule has 2 aliphatic carbocycles. The maximum Gasteiger partial charge on any atom is 0.524 e. The molecule has 0 unspecified atom stereocenters. The number of hydrogen-bond acceptors (Lipinski definition) is 15. The van der Waals surface area contributed by atoms with Crippen molar-refractivity contribution in [3.8, 4) is 22.9 Å². The fourth-order valence-corrected chi connectivity index (χ4v) is 10.0. The Balaban J connectivity index is 0.000000255. The topological polar surface area (TPSA) is 273 Å². The van der Waals surface area contributed by atoms with Crippen LogP contribution in [0.3, 0.4) is 0 Å². The van der Waals surface area contributed by atoms with E-state index in [0.29, 0.717) is 32.8 Å². The van der Waals surface area contributed by atoms with Crippen molar-refractivity contribution in [1.82, 2.24) is 27.4 Å². The molecule has 78 heavy (non-hydrogen) atoms. The summed E-state index contributed by atoms with van der Waals surface area (Å²) in [6.07, 6.45) is 3.23. The van der Waals surface area contributed by atoms with E-state index in [1.165, 1.54) is 52.2 Å². The molecular weight excluding hydrogens is 1420 g/mol. The van der Waals surface area contributed by atoms with Crippen LogP contribution in [0, 0.1) is 32.6 Å². The Labute approximate surface area is 475 Å². The number of pyridine rings is 2. The summed E-state index contributed by atoms with van der Waals surface area (Å²) in [6, 6.07) is 7.76. The fraction of sp³-hybridized carbons (Fsp3) is 0.366. The van der Waals surface area contributed by atoms with Gasteiger partial charge in [0.05, 0.1) is 28.8 Å². The molecule has 2 fully saturated rings. The van der Waals surface area contributed by atoms with E-state index < -0.39 is 108 Å². The zero-order valence-electron chi connectivity index (χ0n) is 39.0. The molecular formula is C41H37Cl3F8I2N6O15S3. The number of rotatable bonds is 8. The Kier molecular flexibility index (Phi) is 20.2. The molecule has 4 heterocycles. The van der Waals surface area contributed by atoms with Crippen molar-refractivity contribution in [3.63, 3.8) is 0 Å². The summed E-state index contributed by atoms with van der Waals surface area (Å²) in [7, 11) is -15.1. The second-order valence-corrected chi connectivity index (χ2v) is 25.5. The number of aryl methyl sites for hydroxylation is 2. The van der Waals surface area contributed by atoms with Gasteiger partial charge in [-0.15, -0.1) is 3.63 Å². The van der Waals surface area contributed by atoms with Gasteiger partial charge in [0.25, 0.3) is 22.2 Å². The van der Waals surface area contributed by atoms with E-state index in [4.69, 9.17) is 39.0 Å². The third-order valence-corrected chi connectivity index (χ3v) is 15.1. The molecule has 0 atom stereocenters. The highest BCUT2D eigenvalue weighted by molar-refractivity contribution is 14.1. The molecule has 0 aliphatic heterocycles. The Morgan fingerprint density at radius 1 is 0.628 bits per heavy atom. The summed E-state index contributed by atoms with van der Waals surface area (Å²) in [5.41, 5.74) is -17.5. The van der Waals surface area contributed by atoms with E-state index in [1.807, 2.05) is 48.8 Å². The smallest absolute Gasteiger partial charge is 0.506 e. The number of benzene rings is 2. The summed E-state index contributed by atoms with van der Waals surface area (Å²) >= 11 is 18.3. The minimum absolute atomic E-state index is 0. The SMILES string of the molecule is C.Cc1c(O)c2c(=O)n(C3CC3)c(=O)n(-c3ccc(I)cc3F)c2n(C)c1=O.Cc1c(OS(C)(=O)=O)c2c(=O)n(C3CC3)c(=O)n(-c3ccc(I)cc3F)c2n(C)c1=O.ClC(Cl)Cl.O=S(=O)(OS(=O)(=O)C(F)(F)F)C(F)(F)F. The molecule has 0 saturated heterocycles. The van der Waals surface area contributed by atoms with Crippen molar-refractivity contribution in [2.45, 2.75) is 74.4 Å². The van der Waals surface area contributed by atoms with Gasteiger partial charge in [0.15, 0.2) is 10.0 Å². The third kappa shape index (κ3) is 13.8. The molecule has 8 rings (SSSR count). The fourth-order valence-electron chi connectivity index (χ4n) is 7.06. The summed E-state index contributed by atoms with van der Waals surface area (Å²) in [5, 5.41) is 10.1. The third-order valence-electron chi connectivity index (χ3n) is 10.7. The average Bonchev–Trinajstić information content (AvgIpc) is 4.22. The zero-order valence-corrected chi connectivity index (χ0v) is 48.0. The molecule has 0 radical (unpaired) electrons. The van der Waals surface area contributed by atoms with Gasteiger partial charge in [-0.2, -0.15) is 51.6 Å². The highest BCUT2D eigenvalue weighted by atomic mass is 127. The standard InChI is InChI=1S/C19H17FIN3O6S.C18H15FIN3O4.C2F6O5S2.CHCl3.CH4/c1-9-15(30-31(3,28)29)14-16(22(2)17(9)25)24(13-7-4-10(21)8-12(13)20)19(27)23(18(14)26)11-5-6-11;1-8-14(24)13-15(21(2)16(8)25)23(12-6-3-9(20)7-11(12)19)18(27)22(17(13)26)10-4-5-10;3-1(4,5)14(9,10)13-15(11,12)2(6,7)8;2-1(3)4;/h4,7-8,11H,5-6H2,1-3H3;3,6-7,10,24H,4-5H2,1-2H3;;1H;1H4. The molecule has 37 heteroatoms. The number of fused-ring (bicyclic) bond motifs is 2. The van der Waals surface area contributed by atoms with Gasteiger partial charge in [-0.05, 0) is 121 Å². The molecule has 0 bridgehead atoms. The Bertz CT molecular complexity index is 4100. The van der Waals surface area contributed by atoms with Crippen molar-refractivity contribution in [3.05, 3.63) is 129 Å². The van der Waals surface area contributed by atoms with E-state index in [0.717, 1.165) is 33.7 Å². The quantitative estimate of drug-likeness (QED) is 0.0537. The van der Waals surface area contributed by atoms with Crippen LogP contribution in [0.25, 0.3) is 33.4 Å². The zero-order chi connectivity index (χ0) is 58.7. The minimum atomic E-state index is -6.85. The monoisotopic (exact) mass is 1460 g/mol.